The van der Waals surface area contributed by atoms with Crippen molar-refractivity contribution in [2.75, 3.05) is 0 Å². The fraction of sp³-hybridized carbons (Fsp3) is 0.0714. The number of hydrogen-bond donors (Lipinski definition) is 1. The Hall–Kier alpha value is -2.40. The highest BCUT2D eigenvalue weighted by Gasteiger charge is 2.05. The van der Waals surface area contributed by atoms with Gasteiger partial charge in [0.1, 0.15) is 0 Å². The quantitative estimate of drug-likeness (QED) is 0.803. The number of nitrogens with one attached hydrogen (secondary N) is 1. The number of aromatic amines is 1. The molecule has 100 valence electrons. The Morgan fingerprint density at radius 2 is 2.05 bits per heavy atom. The van der Waals surface area contributed by atoms with Crippen molar-refractivity contribution in [1.82, 2.24) is 19.7 Å². The van der Waals surface area contributed by atoms with Crippen LogP contribution in [0.25, 0.3) is 5.95 Å². The van der Waals surface area contributed by atoms with Crippen molar-refractivity contribution in [3.05, 3.63) is 75.4 Å². The summed E-state index contributed by atoms with van der Waals surface area (Å²) in [6.07, 6.45) is 5.43. The lowest BCUT2D eigenvalue weighted by Gasteiger charge is -2.03. The largest absolute Gasteiger partial charge is 0.291 e. The maximum atomic E-state index is 12.0. The summed E-state index contributed by atoms with van der Waals surface area (Å²) in [6.45, 7) is 0. The third-order valence-electron chi connectivity index (χ3n) is 2.89. The van der Waals surface area contributed by atoms with Gasteiger partial charge in [-0.15, -0.1) is 0 Å². The van der Waals surface area contributed by atoms with Gasteiger partial charge < -0.3 is 0 Å². The van der Waals surface area contributed by atoms with Gasteiger partial charge in [-0.25, -0.2) is 9.67 Å². The first-order valence-electron chi connectivity index (χ1n) is 6.05. The Balaban J connectivity index is 1.88. The highest BCUT2D eigenvalue weighted by molar-refractivity contribution is 6.30. The SMILES string of the molecule is O=c1[nH]c(-n2cccn2)ncc1Cc1ccc(Cl)cc1. The summed E-state index contributed by atoms with van der Waals surface area (Å²) in [7, 11) is 0. The topological polar surface area (TPSA) is 63.6 Å². The zero-order valence-electron chi connectivity index (χ0n) is 10.5. The highest BCUT2D eigenvalue weighted by Crippen LogP contribution is 2.11. The van der Waals surface area contributed by atoms with E-state index in [1.807, 2.05) is 12.1 Å². The van der Waals surface area contributed by atoms with E-state index in [-0.39, 0.29) is 5.56 Å². The van der Waals surface area contributed by atoms with Crippen molar-refractivity contribution in [2.24, 2.45) is 0 Å². The second kappa shape index (κ2) is 5.30. The molecule has 20 heavy (non-hydrogen) atoms. The minimum atomic E-state index is -0.166. The molecule has 0 spiro atoms. The molecule has 3 aromatic rings. The molecule has 6 heteroatoms. The van der Waals surface area contributed by atoms with Crippen LogP contribution in [0.3, 0.4) is 0 Å². The molecule has 0 saturated heterocycles. The summed E-state index contributed by atoms with van der Waals surface area (Å²) in [5.74, 6) is 0.403. The average Bonchev–Trinajstić information content (AvgIpc) is 2.97. The number of rotatable bonds is 3. The van der Waals surface area contributed by atoms with Gasteiger partial charge in [0.05, 0.1) is 0 Å². The minimum Gasteiger partial charge on any atom is -0.291 e. The third-order valence-corrected chi connectivity index (χ3v) is 3.14. The molecule has 0 aliphatic carbocycles. The normalized spacial score (nSPS) is 10.7. The Kier molecular flexibility index (Phi) is 3.35. The van der Waals surface area contributed by atoms with E-state index in [4.69, 9.17) is 11.6 Å². The minimum absolute atomic E-state index is 0.166. The van der Waals surface area contributed by atoms with E-state index in [1.165, 1.54) is 4.68 Å². The van der Waals surface area contributed by atoms with Gasteiger partial charge in [0.15, 0.2) is 0 Å². The summed E-state index contributed by atoms with van der Waals surface area (Å²) >= 11 is 5.83. The predicted molar refractivity (Wildman–Crippen MR) is 76.2 cm³/mol. The maximum Gasteiger partial charge on any atom is 0.255 e. The summed E-state index contributed by atoms with van der Waals surface area (Å²) in [5, 5.41) is 4.70. The summed E-state index contributed by atoms with van der Waals surface area (Å²) in [6, 6.07) is 9.15. The van der Waals surface area contributed by atoms with Crippen molar-refractivity contribution >= 4 is 11.6 Å². The monoisotopic (exact) mass is 286 g/mol. The molecular weight excluding hydrogens is 276 g/mol. The van der Waals surface area contributed by atoms with Gasteiger partial charge in [-0.1, -0.05) is 23.7 Å². The number of benzene rings is 1. The zero-order chi connectivity index (χ0) is 13.9. The van der Waals surface area contributed by atoms with Crippen LogP contribution in [0, 0.1) is 0 Å². The molecule has 1 N–H and O–H groups in total. The van der Waals surface area contributed by atoms with Crippen LogP contribution >= 0.6 is 11.6 Å². The molecule has 5 nitrogen and oxygen atoms in total. The van der Waals surface area contributed by atoms with Crippen LogP contribution in [0.1, 0.15) is 11.1 Å². The summed E-state index contributed by atoms with van der Waals surface area (Å²) in [4.78, 5) is 19.0. The van der Waals surface area contributed by atoms with Crippen LogP contribution in [0.5, 0.6) is 0 Å². The molecule has 0 unspecified atom stereocenters. The van der Waals surface area contributed by atoms with Crippen molar-refractivity contribution < 1.29 is 0 Å². The van der Waals surface area contributed by atoms with E-state index in [2.05, 4.69) is 15.1 Å². The van der Waals surface area contributed by atoms with Crippen LogP contribution in [0.4, 0.5) is 0 Å². The lowest BCUT2D eigenvalue weighted by Crippen LogP contribution is -2.17. The molecule has 0 aliphatic rings. The van der Waals surface area contributed by atoms with Gasteiger partial charge >= 0.3 is 0 Å². The van der Waals surface area contributed by atoms with E-state index in [0.717, 1.165) is 5.56 Å². The van der Waals surface area contributed by atoms with Crippen molar-refractivity contribution in [3.8, 4) is 5.95 Å². The second-order valence-corrected chi connectivity index (χ2v) is 4.75. The van der Waals surface area contributed by atoms with Gasteiger partial charge in [0.2, 0.25) is 5.95 Å². The lowest BCUT2D eigenvalue weighted by atomic mass is 10.1. The Morgan fingerprint density at radius 1 is 1.25 bits per heavy atom. The first kappa shape index (κ1) is 12.6. The molecule has 0 aliphatic heterocycles. The molecule has 0 radical (unpaired) electrons. The first-order chi connectivity index (χ1) is 9.72. The predicted octanol–water partition coefficient (Wildman–Crippen LogP) is 2.20. The highest BCUT2D eigenvalue weighted by atomic mass is 35.5. The molecule has 0 saturated carbocycles. The van der Waals surface area contributed by atoms with Crippen molar-refractivity contribution in [3.63, 3.8) is 0 Å². The van der Waals surface area contributed by atoms with Gasteiger partial charge in [0.25, 0.3) is 5.56 Å². The van der Waals surface area contributed by atoms with E-state index >= 15 is 0 Å². The Bertz CT molecular complexity index is 763. The standard InChI is InChI=1S/C14H11ClN4O/c15-12-4-2-10(3-5-12)8-11-9-16-14(18-13(11)20)19-7-1-6-17-19/h1-7,9H,8H2,(H,16,18,20). The fourth-order valence-corrected chi connectivity index (χ4v) is 2.00. The Labute approximate surface area is 119 Å². The lowest BCUT2D eigenvalue weighted by molar-refractivity contribution is 0.794. The molecule has 1 aromatic carbocycles. The van der Waals surface area contributed by atoms with Crippen LogP contribution in [-0.4, -0.2) is 19.7 Å². The molecule has 2 aromatic heterocycles. The molecular formula is C14H11ClN4O. The molecule has 0 fully saturated rings. The second-order valence-electron chi connectivity index (χ2n) is 4.32. The number of nitrogens with zero attached hydrogens (tertiary/aromatic N) is 3. The van der Waals surface area contributed by atoms with Gasteiger partial charge in [-0.2, -0.15) is 5.10 Å². The smallest absolute Gasteiger partial charge is 0.255 e. The number of hydrogen-bond acceptors (Lipinski definition) is 3. The van der Waals surface area contributed by atoms with Crippen LogP contribution in [-0.2, 0) is 6.42 Å². The number of aromatic nitrogens is 4. The van der Waals surface area contributed by atoms with Gasteiger partial charge in [-0.05, 0) is 23.8 Å². The number of halogens is 1. The first-order valence-corrected chi connectivity index (χ1v) is 6.43. The van der Waals surface area contributed by atoms with E-state index in [9.17, 15) is 4.79 Å². The summed E-state index contributed by atoms with van der Waals surface area (Å²) < 4.78 is 1.51. The molecule has 3 rings (SSSR count). The Morgan fingerprint density at radius 3 is 2.70 bits per heavy atom. The molecule has 2 heterocycles. The van der Waals surface area contributed by atoms with Crippen LogP contribution in [0.15, 0.2) is 53.7 Å². The average molecular weight is 287 g/mol. The fourth-order valence-electron chi connectivity index (χ4n) is 1.87. The van der Waals surface area contributed by atoms with E-state index in [1.54, 1.807) is 36.8 Å². The molecule has 0 atom stereocenters. The van der Waals surface area contributed by atoms with E-state index in [0.29, 0.717) is 23.0 Å². The molecule has 0 bridgehead atoms. The maximum absolute atomic E-state index is 12.0. The van der Waals surface area contributed by atoms with E-state index < -0.39 is 0 Å². The number of H-pyrrole nitrogens is 1. The van der Waals surface area contributed by atoms with Crippen LogP contribution < -0.4 is 5.56 Å². The van der Waals surface area contributed by atoms with Crippen molar-refractivity contribution in [2.45, 2.75) is 6.42 Å². The zero-order valence-corrected chi connectivity index (χ0v) is 11.2. The summed E-state index contributed by atoms with van der Waals surface area (Å²) in [5.41, 5.74) is 1.44. The third kappa shape index (κ3) is 2.62. The van der Waals surface area contributed by atoms with Gasteiger partial charge in [-0.3, -0.25) is 9.78 Å². The van der Waals surface area contributed by atoms with Crippen LogP contribution in [0.2, 0.25) is 5.02 Å². The van der Waals surface area contributed by atoms with Crippen molar-refractivity contribution in [1.29, 1.82) is 0 Å². The van der Waals surface area contributed by atoms with Gasteiger partial charge in [0, 0.05) is 35.6 Å². The molecule has 0 amide bonds.